The van der Waals surface area contributed by atoms with Crippen LogP contribution in [-0.2, 0) is 0 Å². The van der Waals surface area contributed by atoms with Gasteiger partial charge in [0.2, 0.25) is 5.82 Å². The lowest BCUT2D eigenvalue weighted by molar-refractivity contribution is -0.387. The van der Waals surface area contributed by atoms with Crippen molar-refractivity contribution in [3.63, 3.8) is 0 Å². The van der Waals surface area contributed by atoms with Crippen LogP contribution in [0, 0.1) is 21.8 Å². The minimum absolute atomic E-state index is 0.337. The molecule has 4 nitrogen and oxygen atoms in total. The summed E-state index contributed by atoms with van der Waals surface area (Å²) >= 11 is 0. The summed E-state index contributed by atoms with van der Waals surface area (Å²) in [5, 5.41) is 14.1. The Kier molecular flexibility index (Phi) is 4.35. The van der Waals surface area contributed by atoms with E-state index in [0.717, 1.165) is 18.9 Å². The second-order valence-corrected chi connectivity index (χ2v) is 5.13. The van der Waals surface area contributed by atoms with Gasteiger partial charge < -0.3 is 5.32 Å². The number of nitro benzene ring substituents is 1. The summed E-state index contributed by atoms with van der Waals surface area (Å²) in [6, 6.07) is 4.36. The monoisotopic (exact) mass is 266 g/mol. The third kappa shape index (κ3) is 3.22. The molecule has 1 fully saturated rings. The van der Waals surface area contributed by atoms with Crippen LogP contribution in [0.5, 0.6) is 0 Å². The van der Waals surface area contributed by atoms with Gasteiger partial charge >= 0.3 is 5.69 Å². The van der Waals surface area contributed by atoms with E-state index in [1.807, 2.05) is 0 Å². The summed E-state index contributed by atoms with van der Waals surface area (Å²) in [6.45, 7) is 2.16. The van der Waals surface area contributed by atoms with Crippen LogP contribution in [0.15, 0.2) is 18.2 Å². The molecule has 104 valence electrons. The van der Waals surface area contributed by atoms with Gasteiger partial charge in [-0.25, -0.2) is 0 Å². The maximum Gasteiger partial charge on any atom is 0.306 e. The number of rotatable bonds is 4. The van der Waals surface area contributed by atoms with E-state index in [0.29, 0.717) is 17.6 Å². The normalized spacial score (nSPS) is 23.1. The van der Waals surface area contributed by atoms with E-state index in [4.69, 9.17) is 0 Å². The van der Waals surface area contributed by atoms with Crippen LogP contribution < -0.4 is 5.32 Å². The van der Waals surface area contributed by atoms with Crippen LogP contribution in [0.4, 0.5) is 15.8 Å². The maximum absolute atomic E-state index is 13.3. The highest BCUT2D eigenvalue weighted by molar-refractivity contribution is 5.52. The van der Waals surface area contributed by atoms with Crippen molar-refractivity contribution in [2.24, 2.45) is 5.92 Å². The van der Waals surface area contributed by atoms with Crippen molar-refractivity contribution in [2.75, 3.05) is 5.32 Å². The zero-order chi connectivity index (χ0) is 13.8. The molecule has 1 aromatic carbocycles. The zero-order valence-electron chi connectivity index (χ0n) is 11.1. The fourth-order valence-corrected chi connectivity index (χ4v) is 2.84. The van der Waals surface area contributed by atoms with Crippen molar-refractivity contribution in [1.29, 1.82) is 0 Å². The minimum Gasteiger partial charge on any atom is -0.382 e. The van der Waals surface area contributed by atoms with Gasteiger partial charge in [0.1, 0.15) is 0 Å². The first kappa shape index (κ1) is 13.8. The molecule has 1 aliphatic carbocycles. The highest BCUT2D eigenvalue weighted by Gasteiger charge is 2.24. The molecule has 0 spiro atoms. The van der Waals surface area contributed by atoms with Gasteiger partial charge in [-0.3, -0.25) is 10.1 Å². The van der Waals surface area contributed by atoms with Gasteiger partial charge in [0.15, 0.2) is 0 Å². The fourth-order valence-electron chi connectivity index (χ4n) is 2.84. The average Bonchev–Trinajstić information content (AvgIpc) is 2.41. The Morgan fingerprint density at radius 2 is 2.16 bits per heavy atom. The molecular weight excluding hydrogens is 247 g/mol. The average molecular weight is 266 g/mol. The van der Waals surface area contributed by atoms with Gasteiger partial charge in [0.05, 0.1) is 4.92 Å². The van der Waals surface area contributed by atoms with Gasteiger partial charge in [-0.15, -0.1) is 0 Å². The lowest BCUT2D eigenvalue weighted by Crippen LogP contribution is -2.31. The Hall–Kier alpha value is -1.65. The molecular formula is C14H19FN2O2. The first-order valence-corrected chi connectivity index (χ1v) is 6.82. The summed E-state index contributed by atoms with van der Waals surface area (Å²) in [7, 11) is 0. The molecule has 1 N–H and O–H groups in total. The van der Waals surface area contributed by atoms with E-state index >= 15 is 0 Å². The van der Waals surface area contributed by atoms with Crippen LogP contribution in [0.2, 0.25) is 0 Å². The van der Waals surface area contributed by atoms with E-state index in [2.05, 4.69) is 12.2 Å². The molecule has 2 rings (SSSR count). The topological polar surface area (TPSA) is 55.2 Å². The van der Waals surface area contributed by atoms with Gasteiger partial charge in [-0.05, 0) is 30.9 Å². The molecule has 0 aliphatic heterocycles. The van der Waals surface area contributed by atoms with Gasteiger partial charge in [-0.1, -0.05) is 26.2 Å². The molecule has 1 saturated carbocycles. The third-order valence-electron chi connectivity index (χ3n) is 3.93. The number of nitrogens with zero attached hydrogens (tertiary/aromatic N) is 1. The lowest BCUT2D eigenvalue weighted by atomic mass is 9.83. The largest absolute Gasteiger partial charge is 0.382 e. The number of hydrogen-bond donors (Lipinski definition) is 1. The Labute approximate surface area is 112 Å². The van der Waals surface area contributed by atoms with E-state index < -0.39 is 16.4 Å². The summed E-state index contributed by atoms with van der Waals surface area (Å²) in [4.78, 5) is 10.0. The van der Waals surface area contributed by atoms with Crippen LogP contribution >= 0.6 is 0 Å². The molecule has 1 aromatic rings. The van der Waals surface area contributed by atoms with Gasteiger partial charge in [0, 0.05) is 17.8 Å². The van der Waals surface area contributed by atoms with Crippen molar-refractivity contribution >= 4 is 11.4 Å². The predicted molar refractivity (Wildman–Crippen MR) is 72.7 cm³/mol. The van der Waals surface area contributed by atoms with Crippen molar-refractivity contribution in [3.8, 4) is 0 Å². The van der Waals surface area contributed by atoms with E-state index in [1.165, 1.54) is 25.3 Å². The second-order valence-electron chi connectivity index (χ2n) is 5.13. The Morgan fingerprint density at radius 3 is 2.84 bits per heavy atom. The number of anilines is 1. The molecule has 2 unspecified atom stereocenters. The van der Waals surface area contributed by atoms with Gasteiger partial charge in [0.25, 0.3) is 0 Å². The zero-order valence-corrected chi connectivity index (χ0v) is 11.1. The SMILES string of the molecule is CCC1CCCCC1Nc1ccc(F)c([N+](=O)[O-])c1. The van der Waals surface area contributed by atoms with Crippen LogP contribution in [-0.4, -0.2) is 11.0 Å². The Balaban J connectivity index is 2.14. The number of halogens is 1. The number of nitro groups is 1. The summed E-state index contributed by atoms with van der Waals surface area (Å²) in [5.74, 6) is -0.191. The van der Waals surface area contributed by atoms with Crippen LogP contribution in [0.25, 0.3) is 0 Å². The third-order valence-corrected chi connectivity index (χ3v) is 3.93. The Morgan fingerprint density at radius 1 is 1.42 bits per heavy atom. The van der Waals surface area contributed by atoms with Crippen molar-refractivity contribution < 1.29 is 9.31 Å². The molecule has 19 heavy (non-hydrogen) atoms. The van der Waals surface area contributed by atoms with E-state index in [1.54, 1.807) is 6.07 Å². The molecule has 0 bridgehead atoms. The van der Waals surface area contributed by atoms with Crippen molar-refractivity contribution in [3.05, 3.63) is 34.1 Å². The van der Waals surface area contributed by atoms with E-state index in [9.17, 15) is 14.5 Å². The summed E-state index contributed by atoms with van der Waals surface area (Å²) < 4.78 is 13.3. The first-order valence-electron chi connectivity index (χ1n) is 6.82. The molecule has 2 atom stereocenters. The molecule has 1 aliphatic rings. The van der Waals surface area contributed by atoms with Gasteiger partial charge in [-0.2, -0.15) is 4.39 Å². The highest BCUT2D eigenvalue weighted by atomic mass is 19.1. The van der Waals surface area contributed by atoms with Crippen molar-refractivity contribution in [1.82, 2.24) is 0 Å². The van der Waals surface area contributed by atoms with E-state index in [-0.39, 0.29) is 0 Å². The van der Waals surface area contributed by atoms with Crippen molar-refractivity contribution in [2.45, 2.75) is 45.1 Å². The molecule has 0 saturated heterocycles. The molecule has 5 heteroatoms. The standard InChI is InChI=1S/C14H19FN2O2/c1-2-10-5-3-4-6-13(10)16-11-7-8-12(15)14(9-11)17(18)19/h7-10,13,16H,2-6H2,1H3. The predicted octanol–water partition coefficient (Wildman–Crippen LogP) is 4.11. The second kappa shape index (κ2) is 5.99. The molecule has 0 heterocycles. The smallest absolute Gasteiger partial charge is 0.306 e. The fraction of sp³-hybridized carbons (Fsp3) is 0.571. The number of benzene rings is 1. The van der Waals surface area contributed by atoms with Crippen LogP contribution in [0.1, 0.15) is 39.0 Å². The number of nitrogens with one attached hydrogen (secondary N) is 1. The van der Waals surface area contributed by atoms with Crippen LogP contribution in [0.3, 0.4) is 0 Å². The molecule has 0 amide bonds. The summed E-state index contributed by atoms with van der Waals surface area (Å²) in [5.41, 5.74) is 0.173. The first-order chi connectivity index (χ1) is 9.11. The highest BCUT2D eigenvalue weighted by Crippen LogP contribution is 2.30. The maximum atomic E-state index is 13.3. The number of hydrogen-bond acceptors (Lipinski definition) is 3. The minimum atomic E-state index is -0.786. The summed E-state index contributed by atoms with van der Waals surface area (Å²) in [6.07, 6.45) is 5.79. The Bertz CT molecular complexity index is 465. The molecule has 0 radical (unpaired) electrons. The molecule has 0 aromatic heterocycles. The lowest BCUT2D eigenvalue weighted by Gasteiger charge is -2.32. The quantitative estimate of drug-likeness (QED) is 0.659.